The van der Waals surface area contributed by atoms with Gasteiger partial charge in [0.25, 0.3) is 0 Å². The molecular weight excluding hydrogens is 217 g/mol. The zero-order chi connectivity index (χ0) is 11.0. The summed E-state index contributed by atoms with van der Waals surface area (Å²) in [5.41, 5.74) is 1.75. The first-order valence-corrected chi connectivity index (χ1v) is 5.19. The van der Waals surface area contributed by atoms with Crippen molar-refractivity contribution in [3.8, 4) is 0 Å². The Hall–Kier alpha value is -0.610. The van der Waals surface area contributed by atoms with Crippen LogP contribution in [0, 0.1) is 5.92 Å². The Balaban J connectivity index is 4.73. The molecule has 0 aliphatic heterocycles. The topological polar surface area (TPSA) is 12.0 Å². The van der Waals surface area contributed by atoms with Crippen LogP contribution >= 0.6 is 24.8 Å². The normalized spacial score (nSPS) is 13.8. The van der Waals surface area contributed by atoms with Crippen LogP contribution in [0.4, 0.5) is 4.39 Å². The Kier molecular flexibility index (Phi) is 7.42. The lowest BCUT2D eigenvalue weighted by Gasteiger charge is -2.01. The van der Waals surface area contributed by atoms with Crippen LogP contribution in [-0.4, -0.2) is 5.49 Å². The van der Waals surface area contributed by atoms with Crippen LogP contribution in [0.15, 0.2) is 35.2 Å². The molecule has 0 atom stereocenters. The highest BCUT2D eigenvalue weighted by Crippen LogP contribution is 2.15. The number of thiol groups is 1. The van der Waals surface area contributed by atoms with Crippen molar-refractivity contribution < 1.29 is 4.39 Å². The molecule has 0 saturated carbocycles. The molecule has 0 aliphatic rings. The van der Waals surface area contributed by atoms with E-state index < -0.39 is 0 Å². The summed E-state index contributed by atoms with van der Waals surface area (Å²) in [7, 11) is 0. The number of halogens is 1. The molecule has 1 nitrogen and oxygen atoms in total. The van der Waals surface area contributed by atoms with E-state index in [0.29, 0.717) is 5.57 Å². The number of rotatable bonds is 5. The molecule has 0 heterocycles. The molecule has 1 N–H and O–H groups in total. The van der Waals surface area contributed by atoms with Gasteiger partial charge in [-0.2, -0.15) is 12.6 Å². The Morgan fingerprint density at radius 2 is 2.14 bits per heavy atom. The molecule has 0 rings (SSSR count). The van der Waals surface area contributed by atoms with Crippen LogP contribution in [0.3, 0.4) is 0 Å². The first kappa shape index (κ1) is 13.4. The third-order valence-corrected chi connectivity index (χ3v) is 1.61. The van der Waals surface area contributed by atoms with Gasteiger partial charge >= 0.3 is 0 Å². The van der Waals surface area contributed by atoms with Crippen molar-refractivity contribution in [2.45, 2.75) is 13.8 Å². The van der Waals surface area contributed by atoms with Crippen LogP contribution in [0.2, 0.25) is 0 Å². The number of hydrogen-bond donors (Lipinski definition) is 2. The van der Waals surface area contributed by atoms with Gasteiger partial charge in [-0.25, -0.2) is 4.39 Å². The quantitative estimate of drug-likeness (QED) is 0.427. The maximum Gasteiger partial charge on any atom is 0.146 e. The molecule has 0 aromatic carbocycles. The molecule has 0 bridgehead atoms. The first-order chi connectivity index (χ1) is 6.61. The van der Waals surface area contributed by atoms with E-state index in [-0.39, 0.29) is 11.7 Å². The first-order valence-electron chi connectivity index (χ1n) is 4.20. The molecule has 0 spiro atoms. The monoisotopic (exact) mass is 231 g/mol. The molecule has 0 aromatic rings. The number of hydrogen-bond acceptors (Lipinski definition) is 2. The molecule has 0 aromatic heterocycles. The van der Waals surface area contributed by atoms with Gasteiger partial charge in [0.05, 0.1) is 5.49 Å². The van der Waals surface area contributed by atoms with Crippen LogP contribution in [-0.2, 0) is 0 Å². The zero-order valence-electron chi connectivity index (χ0n) is 8.20. The minimum Gasteiger partial charge on any atom is -0.356 e. The summed E-state index contributed by atoms with van der Waals surface area (Å²) >= 11 is 8.41. The second-order valence-corrected chi connectivity index (χ2v) is 3.49. The average Bonchev–Trinajstić information content (AvgIpc) is 2.13. The van der Waals surface area contributed by atoms with Crippen LogP contribution in [0.5, 0.6) is 0 Å². The Labute approximate surface area is 95.2 Å². The SMILES string of the molecule is CC(C)/C=C(/C=C\S)C(\F)=C/NC=S. The van der Waals surface area contributed by atoms with E-state index in [4.69, 9.17) is 0 Å². The van der Waals surface area contributed by atoms with E-state index in [0.717, 1.165) is 0 Å². The van der Waals surface area contributed by atoms with Gasteiger partial charge in [0.2, 0.25) is 0 Å². The van der Waals surface area contributed by atoms with E-state index >= 15 is 0 Å². The molecule has 0 amide bonds. The second kappa shape index (κ2) is 7.76. The average molecular weight is 231 g/mol. The fraction of sp³-hybridized carbons (Fsp3) is 0.300. The Morgan fingerprint density at radius 1 is 1.50 bits per heavy atom. The molecular formula is C10H14FNS2. The van der Waals surface area contributed by atoms with Crippen LogP contribution < -0.4 is 5.32 Å². The largest absolute Gasteiger partial charge is 0.356 e. The van der Waals surface area contributed by atoms with Crippen molar-refractivity contribution in [1.82, 2.24) is 5.32 Å². The van der Waals surface area contributed by atoms with E-state index in [1.165, 1.54) is 17.1 Å². The van der Waals surface area contributed by atoms with Crippen molar-refractivity contribution in [2.75, 3.05) is 0 Å². The molecule has 0 fully saturated rings. The molecule has 0 unspecified atom stereocenters. The van der Waals surface area contributed by atoms with Gasteiger partial charge in [0.15, 0.2) is 0 Å². The summed E-state index contributed by atoms with van der Waals surface area (Å²) < 4.78 is 13.4. The lowest BCUT2D eigenvalue weighted by atomic mass is 10.1. The lowest BCUT2D eigenvalue weighted by Crippen LogP contribution is -1.99. The number of nitrogens with one attached hydrogen (secondary N) is 1. The van der Waals surface area contributed by atoms with E-state index in [9.17, 15) is 4.39 Å². The van der Waals surface area contributed by atoms with Crippen molar-refractivity contribution >= 4 is 30.3 Å². The summed E-state index contributed by atoms with van der Waals surface area (Å²) in [6.07, 6.45) is 4.62. The predicted molar refractivity (Wildman–Crippen MR) is 67.0 cm³/mol. The summed E-state index contributed by atoms with van der Waals surface area (Å²) in [5.74, 6) is -0.0775. The maximum atomic E-state index is 13.4. The fourth-order valence-electron chi connectivity index (χ4n) is 0.845. The van der Waals surface area contributed by atoms with Crippen molar-refractivity contribution in [3.63, 3.8) is 0 Å². The van der Waals surface area contributed by atoms with Gasteiger partial charge in [-0.3, -0.25) is 0 Å². The molecule has 0 saturated heterocycles. The second-order valence-electron chi connectivity index (χ2n) is 2.96. The Morgan fingerprint density at radius 3 is 2.57 bits per heavy atom. The highest BCUT2D eigenvalue weighted by atomic mass is 32.1. The summed E-state index contributed by atoms with van der Waals surface area (Å²) in [4.78, 5) is 0. The fourth-order valence-corrected chi connectivity index (χ4v) is 1.07. The minimum atomic E-state index is -0.356. The molecule has 0 aliphatic carbocycles. The van der Waals surface area contributed by atoms with Crippen molar-refractivity contribution in [3.05, 3.63) is 35.2 Å². The van der Waals surface area contributed by atoms with Gasteiger partial charge < -0.3 is 5.32 Å². The maximum absolute atomic E-state index is 13.4. The smallest absolute Gasteiger partial charge is 0.146 e. The van der Waals surface area contributed by atoms with Gasteiger partial charge in [-0.05, 0) is 17.4 Å². The lowest BCUT2D eigenvalue weighted by molar-refractivity contribution is 0.646. The van der Waals surface area contributed by atoms with Gasteiger partial charge in [-0.1, -0.05) is 32.1 Å². The molecule has 78 valence electrons. The summed E-state index contributed by atoms with van der Waals surface area (Å²) in [6.45, 7) is 3.96. The predicted octanol–water partition coefficient (Wildman–Crippen LogP) is 3.37. The summed E-state index contributed by atoms with van der Waals surface area (Å²) in [6, 6.07) is 0. The highest BCUT2D eigenvalue weighted by Gasteiger charge is 2.00. The highest BCUT2D eigenvalue weighted by molar-refractivity contribution is 7.83. The van der Waals surface area contributed by atoms with E-state index in [2.05, 4.69) is 30.2 Å². The zero-order valence-corrected chi connectivity index (χ0v) is 9.91. The Bertz CT molecular complexity index is 267. The van der Waals surface area contributed by atoms with E-state index in [1.54, 1.807) is 6.08 Å². The van der Waals surface area contributed by atoms with Gasteiger partial charge in [0, 0.05) is 11.8 Å². The third-order valence-electron chi connectivity index (χ3n) is 1.32. The summed E-state index contributed by atoms with van der Waals surface area (Å²) in [5, 5.41) is 4.01. The van der Waals surface area contributed by atoms with Gasteiger partial charge in [-0.15, -0.1) is 0 Å². The van der Waals surface area contributed by atoms with Crippen LogP contribution in [0.1, 0.15) is 13.8 Å². The molecule has 14 heavy (non-hydrogen) atoms. The van der Waals surface area contributed by atoms with Crippen molar-refractivity contribution in [2.24, 2.45) is 5.92 Å². The minimum absolute atomic E-state index is 0.279. The van der Waals surface area contributed by atoms with E-state index in [1.807, 2.05) is 19.9 Å². The standard InChI is InChI=1S/C10H14FNS2/c1-8(2)5-9(3-4-13)10(11)6-12-7-14/h3-8,13H,1-2H3,(H,12,14)/b4-3-,9-5-,10-6+. The van der Waals surface area contributed by atoms with Gasteiger partial charge in [0.1, 0.15) is 5.83 Å². The third kappa shape index (κ3) is 5.94. The molecule has 4 heteroatoms. The number of thiocarbonyl (C=S) groups is 1. The van der Waals surface area contributed by atoms with Crippen molar-refractivity contribution in [1.29, 1.82) is 0 Å². The number of allylic oxidation sites excluding steroid dienone is 4. The molecule has 0 radical (unpaired) electrons. The van der Waals surface area contributed by atoms with Crippen LogP contribution in [0.25, 0.3) is 0 Å².